The molecule has 46 heavy (non-hydrogen) atoms. The van der Waals surface area contributed by atoms with Crippen molar-refractivity contribution in [3.63, 3.8) is 0 Å². The molecule has 0 radical (unpaired) electrons. The summed E-state index contributed by atoms with van der Waals surface area (Å²) in [6.45, 7) is 9.77. The number of nitrogens with zero attached hydrogens (tertiary/aromatic N) is 3. The number of pyridine rings is 1. The standard InChI is InChI=1S/C35H48N4O6S/c1-25-9-12-31(13-10-25)46(42,43)37-30-11-14-33-32(20-30)35(41)39(27(3)24-40)21-26(2)34(44-19-7-6-8-28(4)45-33)23-38(5)22-29-15-17-36-18-16-29/h9-18,20,26-28,34,37,40H,6-8,19,21-24H2,1-5H3/t26-,27+,28+,34+/m1/s1. The van der Waals surface area contributed by atoms with Crippen LogP contribution in [0.4, 0.5) is 5.69 Å². The van der Waals surface area contributed by atoms with Crippen LogP contribution in [0.25, 0.3) is 0 Å². The summed E-state index contributed by atoms with van der Waals surface area (Å²) in [5.41, 5.74) is 2.57. The van der Waals surface area contributed by atoms with Gasteiger partial charge >= 0.3 is 0 Å². The van der Waals surface area contributed by atoms with Crippen LogP contribution >= 0.6 is 0 Å². The number of hydrogen-bond donors (Lipinski definition) is 2. The van der Waals surface area contributed by atoms with Crippen molar-refractivity contribution in [1.82, 2.24) is 14.8 Å². The van der Waals surface area contributed by atoms with Gasteiger partial charge in [0.25, 0.3) is 15.9 Å². The second-order valence-electron chi connectivity index (χ2n) is 12.5. The van der Waals surface area contributed by atoms with Gasteiger partial charge in [-0.1, -0.05) is 24.6 Å². The van der Waals surface area contributed by atoms with Crippen LogP contribution in [0, 0.1) is 12.8 Å². The molecular formula is C35H48N4O6S. The minimum absolute atomic E-state index is 0.0766. The highest BCUT2D eigenvalue weighted by atomic mass is 32.2. The molecule has 250 valence electrons. The maximum atomic E-state index is 14.4. The van der Waals surface area contributed by atoms with E-state index >= 15 is 0 Å². The van der Waals surface area contributed by atoms with Crippen molar-refractivity contribution in [2.24, 2.45) is 5.92 Å². The maximum Gasteiger partial charge on any atom is 0.261 e. The number of rotatable bonds is 9. The number of aliphatic hydroxyl groups is 1. The molecule has 0 unspecified atom stereocenters. The zero-order valence-electron chi connectivity index (χ0n) is 27.6. The van der Waals surface area contributed by atoms with E-state index in [1.165, 1.54) is 6.07 Å². The summed E-state index contributed by atoms with van der Waals surface area (Å²) in [7, 11) is -1.85. The molecule has 0 aliphatic carbocycles. The Morgan fingerprint density at radius 1 is 1.09 bits per heavy atom. The molecule has 2 heterocycles. The van der Waals surface area contributed by atoms with Gasteiger partial charge in [-0.15, -0.1) is 0 Å². The fourth-order valence-electron chi connectivity index (χ4n) is 5.55. The molecule has 1 aromatic heterocycles. The molecule has 1 aliphatic heterocycles. The van der Waals surface area contributed by atoms with Crippen molar-refractivity contribution < 1.29 is 27.8 Å². The van der Waals surface area contributed by atoms with Gasteiger partial charge in [-0.3, -0.25) is 19.4 Å². The predicted octanol–water partition coefficient (Wildman–Crippen LogP) is 5.12. The molecule has 3 aromatic rings. The van der Waals surface area contributed by atoms with Gasteiger partial charge in [0.1, 0.15) is 5.75 Å². The minimum Gasteiger partial charge on any atom is -0.490 e. The SMILES string of the molecule is Cc1ccc(S(=O)(=O)Nc2ccc3c(c2)C(=O)N([C@@H](C)CO)C[C@@H](C)[C@H](CN(C)Cc2ccncc2)OCCCC[C@H](C)O3)cc1. The first-order valence-electron chi connectivity index (χ1n) is 16.0. The molecule has 2 N–H and O–H groups in total. The number of likely N-dealkylation sites (N-methyl/N-ethyl adjacent to an activating group) is 1. The van der Waals surface area contributed by atoms with Crippen molar-refractivity contribution in [2.75, 3.05) is 38.1 Å². The number of amides is 1. The van der Waals surface area contributed by atoms with Crippen LogP contribution < -0.4 is 9.46 Å². The number of aliphatic hydroxyl groups excluding tert-OH is 1. The van der Waals surface area contributed by atoms with E-state index in [-0.39, 0.29) is 46.8 Å². The highest BCUT2D eigenvalue weighted by molar-refractivity contribution is 7.92. The summed E-state index contributed by atoms with van der Waals surface area (Å²) < 4.78 is 41.8. The first-order valence-corrected chi connectivity index (χ1v) is 17.5. The third-order valence-electron chi connectivity index (χ3n) is 8.33. The van der Waals surface area contributed by atoms with Crippen LogP contribution in [-0.4, -0.2) is 85.8 Å². The fraction of sp³-hybridized carbons (Fsp3) is 0.486. The van der Waals surface area contributed by atoms with E-state index in [4.69, 9.17) is 9.47 Å². The van der Waals surface area contributed by atoms with Gasteiger partial charge in [-0.05, 0) is 95.1 Å². The molecule has 1 amide bonds. The average molecular weight is 653 g/mol. The minimum atomic E-state index is -3.90. The third kappa shape index (κ3) is 9.75. The first kappa shape index (κ1) is 35.3. The number of sulfonamides is 1. The summed E-state index contributed by atoms with van der Waals surface area (Å²) in [4.78, 5) is 22.4. The van der Waals surface area contributed by atoms with Crippen molar-refractivity contribution >= 4 is 21.6 Å². The lowest BCUT2D eigenvalue weighted by Crippen LogP contribution is -2.47. The van der Waals surface area contributed by atoms with Crippen LogP contribution in [0.1, 0.15) is 61.5 Å². The quantitative estimate of drug-likeness (QED) is 0.327. The Balaban J connectivity index is 1.64. The molecular weight excluding hydrogens is 604 g/mol. The molecule has 1 aliphatic rings. The number of aromatic nitrogens is 1. The van der Waals surface area contributed by atoms with Crippen molar-refractivity contribution in [3.8, 4) is 5.75 Å². The van der Waals surface area contributed by atoms with Gasteiger partial charge in [0, 0.05) is 50.2 Å². The number of anilines is 1. The molecule has 0 bridgehead atoms. The summed E-state index contributed by atoms with van der Waals surface area (Å²) in [5, 5.41) is 10.2. The molecule has 0 fully saturated rings. The zero-order chi connectivity index (χ0) is 33.3. The summed E-state index contributed by atoms with van der Waals surface area (Å²) in [6, 6.07) is 14.8. The fourth-order valence-corrected chi connectivity index (χ4v) is 6.60. The van der Waals surface area contributed by atoms with Crippen molar-refractivity contribution in [1.29, 1.82) is 0 Å². The molecule has 4 rings (SSSR count). The second kappa shape index (κ2) is 16.4. The average Bonchev–Trinajstić information content (AvgIpc) is 3.03. The third-order valence-corrected chi connectivity index (χ3v) is 9.73. The molecule has 0 saturated heterocycles. The number of carbonyl (C=O) groups excluding carboxylic acids is 1. The highest BCUT2D eigenvalue weighted by Gasteiger charge is 2.30. The molecule has 10 nitrogen and oxygen atoms in total. The number of fused-ring (bicyclic) bond motifs is 1. The Labute approximate surface area is 273 Å². The Bertz CT molecular complexity index is 1520. The van der Waals surface area contributed by atoms with Crippen LogP contribution in [0.2, 0.25) is 0 Å². The largest absolute Gasteiger partial charge is 0.490 e. The van der Waals surface area contributed by atoms with Gasteiger partial charge in [-0.2, -0.15) is 0 Å². The monoisotopic (exact) mass is 652 g/mol. The first-order chi connectivity index (χ1) is 22.0. The number of ether oxygens (including phenoxy) is 2. The molecule has 11 heteroatoms. The van der Waals surface area contributed by atoms with Crippen molar-refractivity contribution in [2.45, 2.75) is 76.6 Å². The van der Waals surface area contributed by atoms with E-state index in [1.807, 2.05) is 26.0 Å². The number of hydrogen-bond acceptors (Lipinski definition) is 8. The predicted molar refractivity (Wildman–Crippen MR) is 179 cm³/mol. The number of aryl methyl sites for hydroxylation is 1. The Morgan fingerprint density at radius 3 is 2.50 bits per heavy atom. The number of benzene rings is 2. The van der Waals surface area contributed by atoms with Crippen LogP contribution in [0.3, 0.4) is 0 Å². The summed E-state index contributed by atoms with van der Waals surface area (Å²) in [5.74, 6) is -0.0549. The highest BCUT2D eigenvalue weighted by Crippen LogP contribution is 2.29. The van der Waals surface area contributed by atoms with Gasteiger partial charge in [0.2, 0.25) is 0 Å². The molecule has 4 atom stereocenters. The maximum absolute atomic E-state index is 14.4. The number of nitrogens with one attached hydrogen (secondary N) is 1. The second-order valence-corrected chi connectivity index (χ2v) is 14.2. The van der Waals surface area contributed by atoms with Gasteiger partial charge in [0.05, 0.1) is 35.3 Å². The smallest absolute Gasteiger partial charge is 0.261 e. The van der Waals surface area contributed by atoms with Crippen LogP contribution in [-0.2, 0) is 21.3 Å². The van der Waals surface area contributed by atoms with E-state index in [2.05, 4.69) is 28.6 Å². The lowest BCUT2D eigenvalue weighted by molar-refractivity contribution is -0.0177. The Kier molecular flexibility index (Phi) is 12.6. The topological polar surface area (TPSA) is 121 Å². The molecule has 0 saturated carbocycles. The zero-order valence-corrected chi connectivity index (χ0v) is 28.4. The summed E-state index contributed by atoms with van der Waals surface area (Å²) >= 11 is 0. The normalized spacial score (nSPS) is 20.8. The van der Waals surface area contributed by atoms with E-state index in [1.54, 1.807) is 60.6 Å². The summed E-state index contributed by atoms with van der Waals surface area (Å²) in [6.07, 6.45) is 5.73. The van der Waals surface area contributed by atoms with Crippen molar-refractivity contribution in [3.05, 3.63) is 83.7 Å². The van der Waals surface area contributed by atoms with E-state index in [0.717, 1.165) is 36.9 Å². The molecule has 0 spiro atoms. The lowest BCUT2D eigenvalue weighted by Gasteiger charge is -2.36. The van der Waals surface area contributed by atoms with Crippen LogP contribution in [0.5, 0.6) is 5.75 Å². The Hall–Kier alpha value is -3.51. The van der Waals surface area contributed by atoms with E-state index in [0.29, 0.717) is 25.4 Å². The number of carbonyl (C=O) groups is 1. The molecule has 2 aromatic carbocycles. The van der Waals surface area contributed by atoms with Gasteiger partial charge < -0.3 is 19.5 Å². The van der Waals surface area contributed by atoms with E-state index in [9.17, 15) is 18.3 Å². The lowest BCUT2D eigenvalue weighted by atomic mass is 10.0. The van der Waals surface area contributed by atoms with Crippen LogP contribution in [0.15, 0.2) is 71.9 Å². The van der Waals surface area contributed by atoms with Gasteiger partial charge in [-0.25, -0.2) is 8.42 Å². The Morgan fingerprint density at radius 2 is 1.80 bits per heavy atom. The van der Waals surface area contributed by atoms with E-state index < -0.39 is 16.1 Å². The van der Waals surface area contributed by atoms with Gasteiger partial charge in [0.15, 0.2) is 0 Å².